The lowest BCUT2D eigenvalue weighted by Gasteiger charge is -2.29. The van der Waals surface area contributed by atoms with Crippen molar-refractivity contribution in [1.82, 2.24) is 10.2 Å². The van der Waals surface area contributed by atoms with E-state index in [0.29, 0.717) is 0 Å². The van der Waals surface area contributed by atoms with Crippen molar-refractivity contribution in [3.8, 4) is 0 Å². The molecule has 0 aromatic rings. The molecule has 1 aliphatic heterocycles. The summed E-state index contributed by atoms with van der Waals surface area (Å²) in [6, 6.07) is 0.274. The largest absolute Gasteiger partial charge is 0.391 e. The maximum absolute atomic E-state index is 9.86. The third-order valence-electron chi connectivity index (χ3n) is 2.85. The highest BCUT2D eigenvalue weighted by Crippen LogP contribution is 2.07. The molecule has 0 bridgehead atoms. The smallest absolute Gasteiger partial charge is 0.0757 e. The van der Waals surface area contributed by atoms with Crippen molar-refractivity contribution in [3.05, 3.63) is 0 Å². The second kappa shape index (κ2) is 8.31. The second-order valence-electron chi connectivity index (χ2n) is 4.41. The minimum atomic E-state index is -0.216. The van der Waals surface area contributed by atoms with Crippen molar-refractivity contribution in [2.75, 3.05) is 44.2 Å². The Hall–Kier alpha value is 0.190. The normalized spacial score (nSPS) is 21.9. The molecule has 1 rings (SSSR count). The molecule has 96 valence electrons. The van der Waals surface area contributed by atoms with E-state index in [-0.39, 0.29) is 12.1 Å². The highest BCUT2D eigenvalue weighted by atomic mass is 32.2. The van der Waals surface area contributed by atoms with E-state index in [1.165, 1.54) is 0 Å². The van der Waals surface area contributed by atoms with Crippen molar-refractivity contribution in [1.29, 1.82) is 0 Å². The molecule has 0 saturated carbocycles. The molecule has 0 radical (unpaired) electrons. The van der Waals surface area contributed by atoms with E-state index in [0.717, 1.165) is 50.7 Å². The number of rotatable bonds is 7. The highest BCUT2D eigenvalue weighted by Gasteiger charge is 2.14. The first-order valence-corrected chi connectivity index (χ1v) is 7.32. The molecular weight excluding hydrogens is 222 g/mol. The summed E-state index contributed by atoms with van der Waals surface area (Å²) in [5.41, 5.74) is 5.82. The fourth-order valence-corrected chi connectivity index (χ4v) is 2.77. The molecule has 4 N–H and O–H groups in total. The minimum absolute atomic E-state index is 0.216. The number of aliphatic hydroxyl groups excluding tert-OH is 1. The van der Waals surface area contributed by atoms with E-state index in [1.54, 1.807) is 11.8 Å². The van der Waals surface area contributed by atoms with Gasteiger partial charge in [0, 0.05) is 50.3 Å². The number of β-amino-alcohol motifs (C(OH)–C–C–N with tert-alkyl or cyclic N) is 1. The molecule has 0 aromatic carbocycles. The second-order valence-corrected chi connectivity index (χ2v) is 5.49. The third kappa shape index (κ3) is 6.06. The Morgan fingerprint density at radius 3 is 2.69 bits per heavy atom. The van der Waals surface area contributed by atoms with Gasteiger partial charge in [0.25, 0.3) is 0 Å². The quantitative estimate of drug-likeness (QED) is 0.578. The van der Waals surface area contributed by atoms with Gasteiger partial charge in [-0.2, -0.15) is 11.8 Å². The molecule has 0 aliphatic carbocycles. The van der Waals surface area contributed by atoms with Crippen molar-refractivity contribution in [2.45, 2.75) is 25.5 Å². The van der Waals surface area contributed by atoms with Crippen molar-refractivity contribution in [2.24, 2.45) is 5.73 Å². The predicted octanol–water partition coefficient (Wildman–Crippen LogP) is -0.277. The monoisotopic (exact) mass is 247 g/mol. The topological polar surface area (TPSA) is 61.5 Å². The molecule has 2 atom stereocenters. The van der Waals surface area contributed by atoms with Crippen molar-refractivity contribution in [3.63, 3.8) is 0 Å². The van der Waals surface area contributed by atoms with Gasteiger partial charge in [-0.3, -0.25) is 4.90 Å². The van der Waals surface area contributed by atoms with Gasteiger partial charge in [-0.25, -0.2) is 0 Å². The van der Waals surface area contributed by atoms with Gasteiger partial charge in [-0.1, -0.05) is 6.92 Å². The molecule has 1 aliphatic rings. The van der Waals surface area contributed by atoms with Gasteiger partial charge in [-0.15, -0.1) is 0 Å². The average molecular weight is 247 g/mol. The van der Waals surface area contributed by atoms with Gasteiger partial charge in [-0.05, 0) is 6.42 Å². The Morgan fingerprint density at radius 2 is 2.06 bits per heavy atom. The maximum Gasteiger partial charge on any atom is 0.0757 e. The van der Waals surface area contributed by atoms with E-state index in [9.17, 15) is 5.11 Å². The van der Waals surface area contributed by atoms with Crippen LogP contribution in [0.5, 0.6) is 0 Å². The number of nitrogens with two attached hydrogens (primary N) is 1. The molecule has 1 saturated heterocycles. The minimum Gasteiger partial charge on any atom is -0.391 e. The summed E-state index contributed by atoms with van der Waals surface area (Å²) in [5, 5.41) is 13.2. The van der Waals surface area contributed by atoms with Gasteiger partial charge < -0.3 is 16.2 Å². The van der Waals surface area contributed by atoms with Crippen LogP contribution in [0.15, 0.2) is 0 Å². The lowest BCUT2D eigenvalue weighted by Crippen LogP contribution is -2.46. The van der Waals surface area contributed by atoms with E-state index >= 15 is 0 Å². The number of nitrogens with one attached hydrogen (secondary N) is 1. The van der Waals surface area contributed by atoms with Crippen LogP contribution in [0.4, 0.5) is 0 Å². The lowest BCUT2D eigenvalue weighted by molar-refractivity contribution is 0.121. The Morgan fingerprint density at radius 1 is 1.38 bits per heavy atom. The number of hydrogen-bond acceptors (Lipinski definition) is 5. The first-order valence-electron chi connectivity index (χ1n) is 6.16. The van der Waals surface area contributed by atoms with Crippen LogP contribution in [0.3, 0.4) is 0 Å². The van der Waals surface area contributed by atoms with Crippen LogP contribution in [0, 0.1) is 0 Å². The first-order chi connectivity index (χ1) is 7.72. The fraction of sp³-hybridized carbons (Fsp3) is 1.00. The standard InChI is InChI=1S/C11H25N3OS/c1-2-10(12)8-16-9-11(15)7-14-5-3-13-4-6-14/h10-11,13,15H,2-9,12H2,1H3. The Balaban J connectivity index is 2.03. The van der Waals surface area contributed by atoms with Crippen LogP contribution in [0.25, 0.3) is 0 Å². The summed E-state index contributed by atoms with van der Waals surface area (Å²) in [6.45, 7) is 7.09. The third-order valence-corrected chi connectivity index (χ3v) is 4.13. The summed E-state index contributed by atoms with van der Waals surface area (Å²) in [5.74, 6) is 1.76. The lowest BCUT2D eigenvalue weighted by atomic mass is 10.3. The van der Waals surface area contributed by atoms with E-state index < -0.39 is 0 Å². The van der Waals surface area contributed by atoms with Gasteiger partial charge in [0.1, 0.15) is 0 Å². The van der Waals surface area contributed by atoms with Gasteiger partial charge in [0.05, 0.1) is 6.10 Å². The number of nitrogens with zero attached hydrogens (tertiary/aromatic N) is 1. The van der Waals surface area contributed by atoms with Crippen LogP contribution in [0.2, 0.25) is 0 Å². The van der Waals surface area contributed by atoms with Crippen molar-refractivity contribution < 1.29 is 5.11 Å². The van der Waals surface area contributed by atoms with Crippen molar-refractivity contribution >= 4 is 11.8 Å². The summed E-state index contributed by atoms with van der Waals surface area (Å²) in [4.78, 5) is 2.32. The van der Waals surface area contributed by atoms with Crippen LogP contribution in [-0.4, -0.2) is 66.4 Å². The van der Waals surface area contributed by atoms with Gasteiger partial charge in [0.15, 0.2) is 0 Å². The number of thioether (sulfide) groups is 1. The average Bonchev–Trinajstić information content (AvgIpc) is 2.30. The molecule has 16 heavy (non-hydrogen) atoms. The van der Waals surface area contributed by atoms with Crippen LogP contribution in [-0.2, 0) is 0 Å². The molecular formula is C11H25N3OS. The van der Waals surface area contributed by atoms with E-state index in [4.69, 9.17) is 5.73 Å². The Kier molecular flexibility index (Phi) is 7.40. The summed E-state index contributed by atoms with van der Waals surface area (Å²) < 4.78 is 0. The maximum atomic E-state index is 9.86. The molecule has 0 spiro atoms. The Labute approximate surface area is 103 Å². The number of hydrogen-bond donors (Lipinski definition) is 3. The molecule has 2 unspecified atom stereocenters. The molecule has 1 fully saturated rings. The zero-order valence-corrected chi connectivity index (χ0v) is 11.0. The first kappa shape index (κ1) is 14.3. The predicted molar refractivity (Wildman–Crippen MR) is 70.9 cm³/mol. The Bertz CT molecular complexity index is 177. The zero-order chi connectivity index (χ0) is 11.8. The molecule has 0 aromatic heterocycles. The number of piperazine rings is 1. The molecule has 1 heterocycles. The van der Waals surface area contributed by atoms with E-state index in [2.05, 4.69) is 17.1 Å². The van der Waals surface area contributed by atoms with Crippen LogP contribution >= 0.6 is 11.8 Å². The summed E-state index contributed by atoms with van der Waals surface area (Å²) >= 11 is 1.77. The highest BCUT2D eigenvalue weighted by molar-refractivity contribution is 7.99. The van der Waals surface area contributed by atoms with E-state index in [1.807, 2.05) is 0 Å². The molecule has 4 nitrogen and oxygen atoms in total. The number of aliphatic hydroxyl groups is 1. The summed E-state index contributed by atoms with van der Waals surface area (Å²) in [7, 11) is 0. The van der Waals surface area contributed by atoms with Gasteiger partial charge in [0.2, 0.25) is 0 Å². The van der Waals surface area contributed by atoms with Gasteiger partial charge >= 0.3 is 0 Å². The molecule has 0 amide bonds. The molecule has 5 heteroatoms. The zero-order valence-electron chi connectivity index (χ0n) is 10.2. The SMILES string of the molecule is CCC(N)CSCC(O)CN1CCNCC1. The van der Waals surface area contributed by atoms with Crippen LogP contribution < -0.4 is 11.1 Å². The fourth-order valence-electron chi connectivity index (χ4n) is 1.72. The summed E-state index contributed by atoms with van der Waals surface area (Å²) in [6.07, 6.45) is 0.799. The van der Waals surface area contributed by atoms with Crippen LogP contribution in [0.1, 0.15) is 13.3 Å².